The lowest BCUT2D eigenvalue weighted by Gasteiger charge is -2.13. The van der Waals surface area contributed by atoms with Gasteiger partial charge in [0.2, 0.25) is 0 Å². The van der Waals surface area contributed by atoms with Crippen molar-refractivity contribution < 1.29 is 18.3 Å². The number of carbonyl (C=O) groups excluding carboxylic acids is 1. The van der Waals surface area contributed by atoms with Crippen LogP contribution < -0.4 is 10.0 Å². The molecule has 0 fully saturated rings. The van der Waals surface area contributed by atoms with Crippen LogP contribution in [0, 0.1) is 6.92 Å². The number of aromatic hydroxyl groups is 1. The molecule has 3 N–H and O–H groups in total. The second-order valence-electron chi connectivity index (χ2n) is 6.21. The van der Waals surface area contributed by atoms with Crippen LogP contribution in [0.15, 0.2) is 65.6 Å². The smallest absolute Gasteiger partial charge is 0.262 e. The molecular formula is C20H16Cl2N2O4S. The Morgan fingerprint density at radius 3 is 2.45 bits per heavy atom. The number of anilines is 2. The molecule has 3 aromatic carbocycles. The van der Waals surface area contributed by atoms with Crippen LogP contribution in [-0.2, 0) is 10.0 Å². The summed E-state index contributed by atoms with van der Waals surface area (Å²) >= 11 is 11.9. The number of benzene rings is 3. The van der Waals surface area contributed by atoms with Crippen molar-refractivity contribution in [2.45, 2.75) is 11.8 Å². The molecule has 150 valence electrons. The number of nitrogens with one attached hydrogen (secondary N) is 2. The Labute approximate surface area is 178 Å². The van der Waals surface area contributed by atoms with Crippen molar-refractivity contribution in [3.63, 3.8) is 0 Å². The van der Waals surface area contributed by atoms with Crippen LogP contribution in [-0.4, -0.2) is 19.4 Å². The fraction of sp³-hybridized carbons (Fsp3) is 0.0500. The van der Waals surface area contributed by atoms with Gasteiger partial charge in [0.1, 0.15) is 5.75 Å². The fourth-order valence-corrected chi connectivity index (χ4v) is 4.33. The van der Waals surface area contributed by atoms with E-state index in [2.05, 4.69) is 10.0 Å². The van der Waals surface area contributed by atoms with Crippen LogP contribution in [0.3, 0.4) is 0 Å². The van der Waals surface area contributed by atoms with E-state index in [-0.39, 0.29) is 26.9 Å². The fourth-order valence-electron chi connectivity index (χ4n) is 2.62. The molecule has 0 spiro atoms. The van der Waals surface area contributed by atoms with Gasteiger partial charge in [-0.05, 0) is 61.0 Å². The minimum atomic E-state index is -3.92. The number of amides is 1. The third-order valence-corrected chi connectivity index (χ3v) is 6.09. The maximum absolute atomic E-state index is 12.8. The molecule has 0 radical (unpaired) electrons. The highest BCUT2D eigenvalue weighted by molar-refractivity contribution is 7.92. The summed E-state index contributed by atoms with van der Waals surface area (Å²) < 4.78 is 28.1. The number of halogens is 2. The highest BCUT2D eigenvalue weighted by atomic mass is 35.5. The lowest BCUT2D eigenvalue weighted by atomic mass is 10.2. The zero-order valence-electron chi connectivity index (χ0n) is 15.1. The summed E-state index contributed by atoms with van der Waals surface area (Å²) in [7, 11) is -3.92. The third kappa shape index (κ3) is 5.00. The topological polar surface area (TPSA) is 95.5 Å². The normalized spacial score (nSPS) is 11.1. The SMILES string of the molecule is Cc1ccc(NC(=O)c2cc(O)ccc2Cl)cc1S(=O)(=O)Nc1cccc(Cl)c1. The molecular weight excluding hydrogens is 435 g/mol. The lowest BCUT2D eigenvalue weighted by molar-refractivity contribution is 0.102. The molecule has 6 nitrogen and oxygen atoms in total. The minimum absolute atomic E-state index is 0.00252. The van der Waals surface area contributed by atoms with Gasteiger partial charge in [-0.15, -0.1) is 0 Å². The first-order valence-corrected chi connectivity index (χ1v) is 10.6. The largest absolute Gasteiger partial charge is 0.508 e. The highest BCUT2D eigenvalue weighted by Gasteiger charge is 2.19. The van der Waals surface area contributed by atoms with Gasteiger partial charge >= 0.3 is 0 Å². The molecule has 0 atom stereocenters. The summed E-state index contributed by atoms with van der Waals surface area (Å²) in [6.07, 6.45) is 0. The number of rotatable bonds is 5. The maximum atomic E-state index is 12.8. The van der Waals surface area contributed by atoms with Gasteiger partial charge < -0.3 is 10.4 Å². The van der Waals surface area contributed by atoms with Gasteiger partial charge in [-0.3, -0.25) is 9.52 Å². The molecule has 0 saturated carbocycles. The van der Waals surface area contributed by atoms with Crippen LogP contribution in [0.5, 0.6) is 5.75 Å². The van der Waals surface area contributed by atoms with E-state index in [0.29, 0.717) is 16.3 Å². The number of sulfonamides is 1. The molecule has 0 aliphatic carbocycles. The average molecular weight is 451 g/mol. The molecule has 0 heterocycles. The van der Waals surface area contributed by atoms with Crippen molar-refractivity contribution in [2.24, 2.45) is 0 Å². The van der Waals surface area contributed by atoms with Gasteiger partial charge in [0, 0.05) is 10.7 Å². The molecule has 9 heteroatoms. The summed E-state index contributed by atoms with van der Waals surface area (Å²) in [5, 5.41) is 12.7. The molecule has 3 aromatic rings. The van der Waals surface area contributed by atoms with E-state index in [4.69, 9.17) is 23.2 Å². The van der Waals surface area contributed by atoms with E-state index >= 15 is 0 Å². The predicted octanol–water partition coefficient (Wildman–Crippen LogP) is 5.06. The first-order chi connectivity index (χ1) is 13.7. The van der Waals surface area contributed by atoms with Crippen molar-refractivity contribution in [1.82, 2.24) is 0 Å². The van der Waals surface area contributed by atoms with Crippen LogP contribution in [0.2, 0.25) is 10.0 Å². The molecule has 3 rings (SSSR count). The van der Waals surface area contributed by atoms with Crippen LogP contribution in [0.25, 0.3) is 0 Å². The van der Waals surface area contributed by atoms with Crippen molar-refractivity contribution in [3.05, 3.63) is 81.8 Å². The maximum Gasteiger partial charge on any atom is 0.262 e. The first kappa shape index (κ1) is 21.0. The number of phenols is 1. The number of aryl methyl sites for hydroxylation is 1. The van der Waals surface area contributed by atoms with Crippen molar-refractivity contribution in [2.75, 3.05) is 10.0 Å². The average Bonchev–Trinajstić information content (AvgIpc) is 2.64. The summed E-state index contributed by atoms with van der Waals surface area (Å²) in [6, 6.07) is 14.8. The second-order valence-corrected chi connectivity index (χ2v) is 8.71. The Bertz CT molecular complexity index is 1200. The Kier molecular flexibility index (Phi) is 6.02. The predicted molar refractivity (Wildman–Crippen MR) is 115 cm³/mol. The molecule has 0 aromatic heterocycles. The highest BCUT2D eigenvalue weighted by Crippen LogP contribution is 2.26. The zero-order chi connectivity index (χ0) is 21.2. The van der Waals surface area contributed by atoms with Crippen molar-refractivity contribution in [3.8, 4) is 5.75 Å². The summed E-state index contributed by atoms with van der Waals surface area (Å²) in [6.45, 7) is 1.64. The molecule has 1 amide bonds. The quantitative estimate of drug-likeness (QED) is 0.505. The van der Waals surface area contributed by atoms with E-state index in [9.17, 15) is 18.3 Å². The van der Waals surface area contributed by atoms with Crippen molar-refractivity contribution >= 4 is 50.5 Å². The summed E-state index contributed by atoms with van der Waals surface area (Å²) in [5.41, 5.74) is 1.13. The Morgan fingerprint density at radius 1 is 0.966 bits per heavy atom. The van der Waals surface area contributed by atoms with Crippen molar-refractivity contribution in [1.29, 1.82) is 0 Å². The molecule has 0 unspecified atom stereocenters. The van der Waals surface area contributed by atoms with Gasteiger partial charge in [-0.2, -0.15) is 0 Å². The Hall–Kier alpha value is -2.74. The molecule has 0 aliphatic heterocycles. The number of hydrogen-bond acceptors (Lipinski definition) is 4. The van der Waals surface area contributed by atoms with Crippen LogP contribution >= 0.6 is 23.2 Å². The minimum Gasteiger partial charge on any atom is -0.508 e. The lowest BCUT2D eigenvalue weighted by Crippen LogP contribution is -2.16. The first-order valence-electron chi connectivity index (χ1n) is 8.34. The molecule has 0 saturated heterocycles. The second kappa shape index (κ2) is 8.32. The van der Waals surface area contributed by atoms with Crippen LogP contribution in [0.4, 0.5) is 11.4 Å². The summed E-state index contributed by atoms with van der Waals surface area (Å²) in [5.74, 6) is -0.696. The van der Waals surface area contributed by atoms with E-state index in [0.717, 1.165) is 0 Å². The number of phenolic OH excluding ortho intramolecular Hbond substituents is 1. The molecule has 29 heavy (non-hydrogen) atoms. The third-order valence-electron chi connectivity index (χ3n) is 4.01. The van der Waals surface area contributed by atoms with Gasteiger partial charge in [0.05, 0.1) is 21.2 Å². The standard InChI is InChI=1S/C20H16Cl2N2O4S/c1-12-5-6-14(23-20(26)17-11-16(25)7-8-18(17)22)10-19(12)29(27,28)24-15-4-2-3-13(21)9-15/h2-11,24-25H,1H3,(H,23,26). The van der Waals surface area contributed by atoms with Crippen LogP contribution in [0.1, 0.15) is 15.9 Å². The van der Waals surface area contributed by atoms with Gasteiger partial charge in [-0.1, -0.05) is 35.3 Å². The van der Waals surface area contributed by atoms with E-state index in [1.54, 1.807) is 37.3 Å². The van der Waals surface area contributed by atoms with Gasteiger partial charge in [0.25, 0.3) is 15.9 Å². The molecule has 0 aliphatic rings. The van der Waals surface area contributed by atoms with E-state index < -0.39 is 15.9 Å². The van der Waals surface area contributed by atoms with Gasteiger partial charge in [-0.25, -0.2) is 8.42 Å². The molecule has 0 bridgehead atoms. The van der Waals surface area contributed by atoms with E-state index in [1.807, 2.05) is 0 Å². The Balaban J connectivity index is 1.89. The Morgan fingerprint density at radius 2 is 1.72 bits per heavy atom. The number of carbonyl (C=O) groups is 1. The van der Waals surface area contributed by atoms with E-state index in [1.165, 1.54) is 30.3 Å². The summed E-state index contributed by atoms with van der Waals surface area (Å²) in [4.78, 5) is 12.5. The zero-order valence-corrected chi connectivity index (χ0v) is 17.4. The number of hydrogen-bond donors (Lipinski definition) is 3. The monoisotopic (exact) mass is 450 g/mol. The van der Waals surface area contributed by atoms with Gasteiger partial charge in [0.15, 0.2) is 0 Å².